The van der Waals surface area contributed by atoms with E-state index in [1.54, 1.807) is 0 Å². The average Bonchev–Trinajstić information content (AvgIpc) is 3.20. The minimum Gasteiger partial charge on any atom is -0.463 e. The second-order valence-corrected chi connectivity index (χ2v) is 18.3. The molecule has 0 heterocycles. The lowest BCUT2D eigenvalue weighted by molar-refractivity contribution is -0.147. The highest BCUT2D eigenvalue weighted by atomic mass is 31.2. The molecule has 0 aliphatic heterocycles. The number of aliphatic hydroxyl groups is 1. The van der Waals surface area contributed by atoms with Gasteiger partial charge in [-0.05, 0) is 12.8 Å². The van der Waals surface area contributed by atoms with Crippen LogP contribution in [0, 0.1) is 0 Å². The Hall–Kier alpha value is -0.990. The monoisotopic (exact) mass is 832 g/mol. The van der Waals surface area contributed by atoms with E-state index in [1.807, 2.05) is 0 Å². The average molecular weight is 832 g/mol. The number of hydrogen-bond donors (Lipinski definition) is 3. The van der Waals surface area contributed by atoms with Crippen LogP contribution >= 0.6 is 7.82 Å². The van der Waals surface area contributed by atoms with Gasteiger partial charge in [-0.3, -0.25) is 18.6 Å². The molecular formula is C47H94NO8P. The fraction of sp³-hybridized carbons (Fsp3) is 0.957. The van der Waals surface area contributed by atoms with Gasteiger partial charge in [-0.15, -0.1) is 0 Å². The van der Waals surface area contributed by atoms with Crippen LogP contribution in [0.4, 0.5) is 0 Å². The Morgan fingerprint density at radius 1 is 0.474 bits per heavy atom. The zero-order valence-electron chi connectivity index (χ0n) is 37.6. The number of nitrogens with one attached hydrogen (secondary N) is 1. The van der Waals surface area contributed by atoms with Crippen LogP contribution in [0.5, 0.6) is 0 Å². The topological polar surface area (TPSA) is 131 Å². The fourth-order valence-corrected chi connectivity index (χ4v) is 8.08. The molecule has 340 valence electrons. The standard InChI is InChI=1S/C47H94NO8P/c1-3-5-7-9-11-13-15-17-18-19-20-21-22-23-24-25-26-27-28-30-32-34-36-38-40-47(51)54-43-45(49)44-56-57(52,53)55-42-41-48-46(50)39-37-35-33-31-29-16-14-12-10-8-6-4-2/h45,49H,3-44H2,1-2H3,(H,48,50)(H,52,53). The van der Waals surface area contributed by atoms with Crippen LogP contribution in [0.1, 0.15) is 258 Å². The minimum absolute atomic E-state index is 0.0881. The summed E-state index contributed by atoms with van der Waals surface area (Å²) in [5.74, 6) is -0.502. The number of phosphoric acid groups is 1. The molecule has 0 spiro atoms. The van der Waals surface area contributed by atoms with Gasteiger partial charge in [0.2, 0.25) is 5.91 Å². The van der Waals surface area contributed by atoms with Gasteiger partial charge in [0.05, 0.1) is 13.2 Å². The summed E-state index contributed by atoms with van der Waals surface area (Å²) >= 11 is 0. The first-order valence-electron chi connectivity index (χ1n) is 24.5. The molecule has 3 N–H and O–H groups in total. The van der Waals surface area contributed by atoms with E-state index in [9.17, 15) is 24.2 Å². The van der Waals surface area contributed by atoms with E-state index < -0.39 is 26.5 Å². The zero-order valence-corrected chi connectivity index (χ0v) is 38.5. The van der Waals surface area contributed by atoms with Gasteiger partial charge in [0.15, 0.2) is 0 Å². The van der Waals surface area contributed by atoms with E-state index in [0.717, 1.165) is 38.5 Å². The SMILES string of the molecule is CCCCCCCCCCCCCCCCCCCCCCCCCCC(=O)OCC(O)COP(=O)(O)OCCNC(=O)CCCCCCCCCCCCCC. The van der Waals surface area contributed by atoms with Gasteiger partial charge in [0, 0.05) is 19.4 Å². The van der Waals surface area contributed by atoms with Crippen molar-refractivity contribution in [3.05, 3.63) is 0 Å². The van der Waals surface area contributed by atoms with Crippen molar-refractivity contribution in [2.75, 3.05) is 26.4 Å². The molecule has 0 bridgehead atoms. The molecule has 57 heavy (non-hydrogen) atoms. The predicted molar refractivity (Wildman–Crippen MR) is 238 cm³/mol. The van der Waals surface area contributed by atoms with Crippen LogP contribution < -0.4 is 5.32 Å². The van der Waals surface area contributed by atoms with Crippen LogP contribution in [0.2, 0.25) is 0 Å². The third-order valence-electron chi connectivity index (χ3n) is 11.0. The van der Waals surface area contributed by atoms with Crippen LogP contribution in [0.3, 0.4) is 0 Å². The van der Waals surface area contributed by atoms with Crippen LogP contribution in [-0.2, 0) is 27.9 Å². The van der Waals surface area contributed by atoms with E-state index in [4.69, 9.17) is 13.8 Å². The highest BCUT2D eigenvalue weighted by molar-refractivity contribution is 7.47. The van der Waals surface area contributed by atoms with Gasteiger partial charge in [-0.1, -0.05) is 232 Å². The smallest absolute Gasteiger partial charge is 0.463 e. The molecule has 0 aromatic carbocycles. The summed E-state index contributed by atoms with van der Waals surface area (Å²) in [4.78, 5) is 33.9. The largest absolute Gasteiger partial charge is 0.472 e. The molecule has 0 radical (unpaired) electrons. The quantitative estimate of drug-likeness (QED) is 0.0314. The van der Waals surface area contributed by atoms with Crippen LogP contribution in [-0.4, -0.2) is 54.3 Å². The third-order valence-corrected chi connectivity index (χ3v) is 12.0. The van der Waals surface area contributed by atoms with Gasteiger partial charge in [-0.2, -0.15) is 0 Å². The number of carbonyl (C=O) groups is 2. The first kappa shape index (κ1) is 56.0. The van der Waals surface area contributed by atoms with Crippen molar-refractivity contribution >= 4 is 19.7 Å². The highest BCUT2D eigenvalue weighted by Crippen LogP contribution is 2.42. The summed E-state index contributed by atoms with van der Waals surface area (Å²) in [7, 11) is -4.41. The van der Waals surface area contributed by atoms with Crippen molar-refractivity contribution < 1.29 is 37.9 Å². The molecule has 0 aliphatic rings. The first-order chi connectivity index (χ1) is 27.8. The van der Waals surface area contributed by atoms with Crippen LogP contribution in [0.25, 0.3) is 0 Å². The van der Waals surface area contributed by atoms with Gasteiger partial charge >= 0.3 is 13.8 Å². The number of esters is 1. The molecule has 9 nitrogen and oxygen atoms in total. The molecule has 0 rings (SSSR count). The maximum Gasteiger partial charge on any atom is 0.472 e. The molecule has 0 aliphatic carbocycles. The number of phosphoric ester groups is 1. The second kappa shape index (κ2) is 44.6. The molecule has 1 amide bonds. The number of carbonyl (C=O) groups excluding carboxylic acids is 2. The summed E-state index contributed by atoms with van der Waals surface area (Å²) in [6.07, 6.45) is 46.2. The second-order valence-electron chi connectivity index (χ2n) is 16.8. The lowest BCUT2D eigenvalue weighted by Gasteiger charge is -2.15. The van der Waals surface area contributed by atoms with E-state index in [2.05, 4.69) is 19.2 Å². The summed E-state index contributed by atoms with van der Waals surface area (Å²) in [5, 5.41) is 12.7. The number of ether oxygens (including phenoxy) is 1. The van der Waals surface area contributed by atoms with Crippen molar-refractivity contribution in [3.63, 3.8) is 0 Å². The molecule has 0 saturated carbocycles. The Balaban J connectivity index is 3.49. The van der Waals surface area contributed by atoms with E-state index in [0.29, 0.717) is 12.8 Å². The van der Waals surface area contributed by atoms with Gasteiger partial charge in [-0.25, -0.2) is 4.57 Å². The third kappa shape index (κ3) is 45.9. The molecule has 2 unspecified atom stereocenters. The molecule has 0 aromatic heterocycles. The minimum atomic E-state index is -4.41. The molecular weight excluding hydrogens is 737 g/mol. The zero-order chi connectivity index (χ0) is 41.8. The van der Waals surface area contributed by atoms with Crippen molar-refractivity contribution in [2.24, 2.45) is 0 Å². The first-order valence-corrected chi connectivity index (χ1v) is 26.0. The fourth-order valence-electron chi connectivity index (χ4n) is 7.32. The number of unbranched alkanes of at least 4 members (excludes halogenated alkanes) is 34. The van der Waals surface area contributed by atoms with Gasteiger partial charge in [0.25, 0.3) is 0 Å². The molecule has 2 atom stereocenters. The lowest BCUT2D eigenvalue weighted by atomic mass is 10.0. The highest BCUT2D eigenvalue weighted by Gasteiger charge is 2.23. The molecule has 0 aromatic rings. The summed E-state index contributed by atoms with van der Waals surface area (Å²) in [6, 6.07) is 0. The van der Waals surface area contributed by atoms with Gasteiger partial charge < -0.3 is 20.1 Å². The lowest BCUT2D eigenvalue weighted by Crippen LogP contribution is -2.27. The Morgan fingerprint density at radius 3 is 1.14 bits per heavy atom. The number of amides is 1. The summed E-state index contributed by atoms with van der Waals surface area (Å²) in [6.45, 7) is 3.60. The van der Waals surface area contributed by atoms with E-state index >= 15 is 0 Å². The summed E-state index contributed by atoms with van der Waals surface area (Å²) in [5.41, 5.74) is 0. The van der Waals surface area contributed by atoms with Crippen molar-refractivity contribution in [1.29, 1.82) is 0 Å². The Labute approximate surface area is 352 Å². The number of hydrogen-bond acceptors (Lipinski definition) is 7. The van der Waals surface area contributed by atoms with Crippen molar-refractivity contribution in [2.45, 2.75) is 264 Å². The summed E-state index contributed by atoms with van der Waals surface area (Å²) < 4.78 is 26.9. The normalized spacial score (nSPS) is 13.1. The Kier molecular flexibility index (Phi) is 43.8. The van der Waals surface area contributed by atoms with E-state index in [-0.39, 0.29) is 25.7 Å². The number of rotatable bonds is 47. The predicted octanol–water partition coefficient (Wildman–Crippen LogP) is 14.0. The maximum atomic E-state index is 12.1. The molecule has 0 fully saturated rings. The van der Waals surface area contributed by atoms with E-state index in [1.165, 1.54) is 193 Å². The van der Waals surface area contributed by atoms with Crippen molar-refractivity contribution in [1.82, 2.24) is 5.32 Å². The van der Waals surface area contributed by atoms with Gasteiger partial charge in [0.1, 0.15) is 12.7 Å². The molecule has 10 heteroatoms. The Morgan fingerprint density at radius 2 is 0.789 bits per heavy atom. The molecule has 0 saturated heterocycles. The van der Waals surface area contributed by atoms with Crippen LogP contribution in [0.15, 0.2) is 0 Å². The van der Waals surface area contributed by atoms with Crippen molar-refractivity contribution in [3.8, 4) is 0 Å². The Bertz CT molecular complexity index is 907. The number of aliphatic hydroxyl groups excluding tert-OH is 1. The maximum absolute atomic E-state index is 12.1.